The summed E-state index contributed by atoms with van der Waals surface area (Å²) in [6, 6.07) is 0. The molecule has 1 atom stereocenters. The third-order valence-electron chi connectivity index (χ3n) is 2.21. The van der Waals surface area contributed by atoms with E-state index in [0.717, 1.165) is 0 Å². The maximum atomic E-state index is 12.1. The first kappa shape index (κ1) is 8.80. The summed E-state index contributed by atoms with van der Waals surface area (Å²) < 4.78 is 36.4. The van der Waals surface area contributed by atoms with Crippen LogP contribution in [0, 0.1) is 5.41 Å². The van der Waals surface area contributed by atoms with Gasteiger partial charge in [0.05, 0.1) is 11.5 Å². The molecule has 0 radical (unpaired) electrons. The van der Waals surface area contributed by atoms with Crippen molar-refractivity contribution in [1.29, 1.82) is 0 Å². The first-order valence-electron chi connectivity index (χ1n) is 3.39. The molecule has 0 aromatic heterocycles. The SMILES string of the molecule is NC[C@H](O)C1(C(F)(F)F)CC1. The molecule has 0 bridgehead atoms. The van der Waals surface area contributed by atoms with Gasteiger partial charge in [0.2, 0.25) is 0 Å². The minimum absolute atomic E-state index is 0.00880. The minimum atomic E-state index is -4.30. The summed E-state index contributed by atoms with van der Waals surface area (Å²) in [6.45, 7) is -0.320. The van der Waals surface area contributed by atoms with Gasteiger partial charge in [0.15, 0.2) is 0 Å². The lowest BCUT2D eigenvalue weighted by atomic mass is 9.99. The van der Waals surface area contributed by atoms with E-state index in [-0.39, 0.29) is 19.4 Å². The zero-order valence-corrected chi connectivity index (χ0v) is 5.86. The summed E-state index contributed by atoms with van der Waals surface area (Å²) in [5.74, 6) is 0. The fraction of sp³-hybridized carbons (Fsp3) is 1.00. The molecule has 0 amide bonds. The molecule has 3 N–H and O–H groups in total. The molecule has 1 aliphatic carbocycles. The van der Waals surface area contributed by atoms with E-state index in [1.54, 1.807) is 0 Å². The smallest absolute Gasteiger partial charge is 0.391 e. The van der Waals surface area contributed by atoms with Gasteiger partial charge in [-0.1, -0.05) is 0 Å². The van der Waals surface area contributed by atoms with E-state index in [2.05, 4.69) is 0 Å². The second-order valence-corrected chi connectivity index (χ2v) is 2.91. The predicted octanol–water partition coefficient (Wildman–Crippen LogP) is 0.649. The summed E-state index contributed by atoms with van der Waals surface area (Å²) in [7, 11) is 0. The molecule has 2 nitrogen and oxygen atoms in total. The second-order valence-electron chi connectivity index (χ2n) is 2.91. The van der Waals surface area contributed by atoms with Crippen LogP contribution >= 0.6 is 0 Å². The zero-order chi connectivity index (χ0) is 8.70. The monoisotopic (exact) mass is 169 g/mol. The van der Waals surface area contributed by atoms with Gasteiger partial charge < -0.3 is 10.8 Å². The lowest BCUT2D eigenvalue weighted by Gasteiger charge is -2.23. The molecular formula is C6H10F3NO. The van der Waals surface area contributed by atoms with Gasteiger partial charge in [-0.3, -0.25) is 0 Å². The van der Waals surface area contributed by atoms with Crippen molar-refractivity contribution in [2.45, 2.75) is 25.1 Å². The van der Waals surface area contributed by atoms with Gasteiger partial charge >= 0.3 is 6.18 Å². The Hall–Kier alpha value is -0.290. The van der Waals surface area contributed by atoms with Crippen LogP contribution < -0.4 is 5.73 Å². The average molecular weight is 169 g/mol. The molecule has 5 heteroatoms. The highest BCUT2D eigenvalue weighted by atomic mass is 19.4. The van der Waals surface area contributed by atoms with Crippen molar-refractivity contribution in [1.82, 2.24) is 0 Å². The van der Waals surface area contributed by atoms with Crippen molar-refractivity contribution in [3.63, 3.8) is 0 Å². The van der Waals surface area contributed by atoms with E-state index in [9.17, 15) is 13.2 Å². The van der Waals surface area contributed by atoms with E-state index < -0.39 is 17.7 Å². The quantitative estimate of drug-likeness (QED) is 0.637. The second kappa shape index (κ2) is 2.35. The van der Waals surface area contributed by atoms with E-state index in [1.165, 1.54) is 0 Å². The molecule has 11 heavy (non-hydrogen) atoms. The van der Waals surface area contributed by atoms with Crippen LogP contribution in [-0.4, -0.2) is 23.9 Å². The molecule has 1 rings (SSSR count). The van der Waals surface area contributed by atoms with Crippen molar-refractivity contribution >= 4 is 0 Å². The van der Waals surface area contributed by atoms with Crippen LogP contribution in [0.25, 0.3) is 0 Å². The number of nitrogens with two attached hydrogens (primary N) is 1. The first-order chi connectivity index (χ1) is 4.94. The van der Waals surface area contributed by atoms with Gasteiger partial charge in [0.25, 0.3) is 0 Å². The predicted molar refractivity (Wildman–Crippen MR) is 32.8 cm³/mol. The first-order valence-corrected chi connectivity index (χ1v) is 3.39. The summed E-state index contributed by atoms with van der Waals surface area (Å²) in [5, 5.41) is 8.94. The van der Waals surface area contributed by atoms with E-state index in [0.29, 0.717) is 0 Å². The van der Waals surface area contributed by atoms with Gasteiger partial charge in [0.1, 0.15) is 0 Å². The molecule has 66 valence electrons. The average Bonchev–Trinajstić information content (AvgIpc) is 2.63. The summed E-state index contributed by atoms with van der Waals surface area (Å²) in [5.41, 5.74) is 3.07. The number of aliphatic hydroxyl groups excluding tert-OH is 1. The van der Waals surface area contributed by atoms with Crippen LogP contribution in [-0.2, 0) is 0 Å². The molecule has 0 saturated heterocycles. The number of aliphatic hydroxyl groups is 1. The third kappa shape index (κ3) is 1.22. The van der Waals surface area contributed by atoms with Crippen molar-refractivity contribution < 1.29 is 18.3 Å². The third-order valence-corrected chi connectivity index (χ3v) is 2.21. The topological polar surface area (TPSA) is 46.2 Å². The Balaban J connectivity index is 2.68. The molecule has 0 aliphatic heterocycles. The van der Waals surface area contributed by atoms with Crippen molar-refractivity contribution in [3.05, 3.63) is 0 Å². The van der Waals surface area contributed by atoms with Gasteiger partial charge in [-0.25, -0.2) is 0 Å². The van der Waals surface area contributed by atoms with Crippen LogP contribution in [0.1, 0.15) is 12.8 Å². The Kier molecular flexibility index (Phi) is 1.88. The molecule has 0 unspecified atom stereocenters. The van der Waals surface area contributed by atoms with Crippen LogP contribution in [0.4, 0.5) is 13.2 Å². The van der Waals surface area contributed by atoms with Crippen LogP contribution in [0.5, 0.6) is 0 Å². The van der Waals surface area contributed by atoms with E-state index in [1.807, 2.05) is 0 Å². The molecular weight excluding hydrogens is 159 g/mol. The summed E-state index contributed by atoms with van der Waals surface area (Å²) in [6.07, 6.45) is -5.71. The summed E-state index contributed by atoms with van der Waals surface area (Å²) >= 11 is 0. The van der Waals surface area contributed by atoms with Gasteiger partial charge in [0, 0.05) is 6.54 Å². The van der Waals surface area contributed by atoms with E-state index in [4.69, 9.17) is 10.8 Å². The number of hydrogen-bond donors (Lipinski definition) is 2. The fourth-order valence-electron chi connectivity index (χ4n) is 1.17. The molecule has 0 spiro atoms. The number of hydrogen-bond acceptors (Lipinski definition) is 2. The maximum Gasteiger partial charge on any atom is 0.397 e. The molecule has 0 aromatic rings. The maximum absolute atomic E-state index is 12.1. The van der Waals surface area contributed by atoms with Gasteiger partial charge in [-0.2, -0.15) is 13.2 Å². The standard InChI is InChI=1S/C6H10F3NO/c7-6(8,9)5(1-2-5)4(11)3-10/h4,11H,1-3,10H2/t4-/m0/s1. The Labute approximate surface area is 62.2 Å². The van der Waals surface area contributed by atoms with Crippen molar-refractivity contribution in [3.8, 4) is 0 Å². The molecule has 1 saturated carbocycles. The summed E-state index contributed by atoms with van der Waals surface area (Å²) in [4.78, 5) is 0. The lowest BCUT2D eigenvalue weighted by Crippen LogP contribution is -2.40. The molecule has 0 heterocycles. The van der Waals surface area contributed by atoms with Gasteiger partial charge in [-0.15, -0.1) is 0 Å². The van der Waals surface area contributed by atoms with Gasteiger partial charge in [-0.05, 0) is 12.8 Å². The highest BCUT2D eigenvalue weighted by molar-refractivity contribution is 5.04. The molecule has 1 fully saturated rings. The normalized spacial score (nSPS) is 24.8. The Morgan fingerprint density at radius 2 is 1.91 bits per heavy atom. The van der Waals surface area contributed by atoms with Crippen molar-refractivity contribution in [2.24, 2.45) is 11.1 Å². The Bertz CT molecular complexity index is 152. The zero-order valence-electron chi connectivity index (χ0n) is 5.86. The van der Waals surface area contributed by atoms with Crippen LogP contribution in [0.15, 0.2) is 0 Å². The highest BCUT2D eigenvalue weighted by Gasteiger charge is 2.66. The van der Waals surface area contributed by atoms with Crippen LogP contribution in [0.3, 0.4) is 0 Å². The van der Waals surface area contributed by atoms with Crippen LogP contribution in [0.2, 0.25) is 0 Å². The Morgan fingerprint density at radius 1 is 1.45 bits per heavy atom. The number of halogens is 3. The lowest BCUT2D eigenvalue weighted by molar-refractivity contribution is -0.212. The molecule has 1 aliphatic rings. The highest BCUT2D eigenvalue weighted by Crippen LogP contribution is 2.59. The Morgan fingerprint density at radius 3 is 2.00 bits per heavy atom. The largest absolute Gasteiger partial charge is 0.397 e. The number of rotatable bonds is 2. The number of alkyl halides is 3. The molecule has 0 aromatic carbocycles. The van der Waals surface area contributed by atoms with Crippen molar-refractivity contribution in [2.75, 3.05) is 6.54 Å². The minimum Gasteiger partial charge on any atom is -0.391 e. The van der Waals surface area contributed by atoms with E-state index >= 15 is 0 Å². The fourth-order valence-corrected chi connectivity index (χ4v) is 1.17.